The summed E-state index contributed by atoms with van der Waals surface area (Å²) >= 11 is 3.43. The normalized spacial score (nSPS) is 22.2. The lowest BCUT2D eigenvalue weighted by Gasteiger charge is -2.44. The number of rotatable bonds is 20. The summed E-state index contributed by atoms with van der Waals surface area (Å²) in [5, 5.41) is 12.3. The van der Waals surface area contributed by atoms with Crippen molar-refractivity contribution < 1.29 is 37.8 Å². The van der Waals surface area contributed by atoms with Crippen LogP contribution in [0.3, 0.4) is 0 Å². The van der Waals surface area contributed by atoms with Crippen LogP contribution in [0.2, 0.25) is 23.2 Å². The molecule has 4 aromatic rings. The molecule has 0 amide bonds. The van der Waals surface area contributed by atoms with Crippen LogP contribution in [0.15, 0.2) is 138 Å². The van der Waals surface area contributed by atoms with Gasteiger partial charge in [-0.2, -0.15) is 0 Å². The van der Waals surface area contributed by atoms with E-state index in [1.807, 2.05) is 60.7 Å². The topological polar surface area (TPSA) is 101 Å². The number of carbonyl (C=O) groups is 2. The number of allylic oxidation sites excluding steroid dienone is 2. The summed E-state index contributed by atoms with van der Waals surface area (Å²) in [6.07, 6.45) is 8.07. The quantitative estimate of drug-likeness (QED) is 0.0404. The maximum atomic E-state index is 14.0. The van der Waals surface area contributed by atoms with Crippen molar-refractivity contribution in [2.75, 3.05) is 13.7 Å². The molecule has 0 aliphatic heterocycles. The molecule has 1 saturated carbocycles. The summed E-state index contributed by atoms with van der Waals surface area (Å²) in [7, 11) is -3.63. The first-order chi connectivity index (χ1) is 31.7. The minimum Gasteiger partial charge on any atom is -0.497 e. The van der Waals surface area contributed by atoms with Crippen molar-refractivity contribution in [1.82, 2.24) is 0 Å². The average molecular weight is 1010 g/mol. The highest BCUT2D eigenvalue weighted by Gasteiger charge is 2.51. The van der Waals surface area contributed by atoms with Crippen molar-refractivity contribution in [3.05, 3.63) is 149 Å². The van der Waals surface area contributed by atoms with Crippen LogP contribution < -0.4 is 15.1 Å². The smallest absolute Gasteiger partial charge is 0.342 e. The van der Waals surface area contributed by atoms with Crippen LogP contribution in [0.1, 0.15) is 90.1 Å². The van der Waals surface area contributed by atoms with Crippen LogP contribution in [-0.2, 0) is 29.7 Å². The molecule has 0 unspecified atom stereocenters. The summed E-state index contributed by atoms with van der Waals surface area (Å²) in [4.78, 5) is 26.5. The lowest BCUT2D eigenvalue weighted by molar-refractivity contribution is -0.131. The third-order valence-corrected chi connectivity index (χ3v) is 24.8. The fourth-order valence-electron chi connectivity index (χ4n) is 10.1. The van der Waals surface area contributed by atoms with Gasteiger partial charge in [-0.15, -0.1) is 0 Å². The van der Waals surface area contributed by atoms with E-state index in [1.54, 1.807) is 19.2 Å². The fourth-order valence-corrected chi connectivity index (χ4v) is 16.4. The van der Waals surface area contributed by atoms with E-state index in [2.05, 4.69) is 138 Å². The minimum atomic E-state index is -2.89. The Kier molecular flexibility index (Phi) is 17.6. The molecule has 2 aliphatic rings. The molecule has 11 heteroatoms. The first-order valence-electron chi connectivity index (χ1n) is 24.0. The number of fused-ring (bicyclic) bond motifs is 1. The maximum absolute atomic E-state index is 14.0. The van der Waals surface area contributed by atoms with Crippen LogP contribution in [0.4, 0.5) is 0 Å². The predicted molar refractivity (Wildman–Crippen MR) is 278 cm³/mol. The summed E-state index contributed by atoms with van der Waals surface area (Å²) in [6, 6.07) is 38.4. The Hall–Kier alpha value is -4.11. The number of esters is 1. The van der Waals surface area contributed by atoms with Crippen LogP contribution in [-0.4, -0.2) is 65.7 Å². The van der Waals surface area contributed by atoms with Gasteiger partial charge in [0.15, 0.2) is 8.32 Å². The first kappa shape index (κ1) is 52.3. The number of methoxy groups -OCH3 is 1. The largest absolute Gasteiger partial charge is 0.497 e. The van der Waals surface area contributed by atoms with Gasteiger partial charge in [-0.25, -0.2) is 9.59 Å². The van der Waals surface area contributed by atoms with Gasteiger partial charge in [0.05, 0.1) is 29.9 Å². The Morgan fingerprint density at radius 3 is 1.93 bits per heavy atom. The van der Waals surface area contributed by atoms with Crippen LogP contribution in [0.25, 0.3) is 0 Å². The summed E-state index contributed by atoms with van der Waals surface area (Å²) < 4.78 is 33.6. The number of carboxylic acid groups (broad SMARTS) is 1. The number of carbonyl (C=O) groups excluding carboxylic acids is 1. The highest BCUT2D eigenvalue weighted by atomic mass is 79.9. The second-order valence-electron chi connectivity index (χ2n) is 21.2. The van der Waals surface area contributed by atoms with Gasteiger partial charge >= 0.3 is 11.9 Å². The van der Waals surface area contributed by atoms with Crippen molar-refractivity contribution in [2.24, 2.45) is 29.6 Å². The molecule has 0 radical (unpaired) electrons. The summed E-state index contributed by atoms with van der Waals surface area (Å²) in [6.45, 7) is 21.2. The highest BCUT2D eigenvalue weighted by molar-refractivity contribution is 9.12. The van der Waals surface area contributed by atoms with Crippen LogP contribution in [0.5, 0.6) is 5.75 Å². The summed E-state index contributed by atoms with van der Waals surface area (Å²) in [5.74, 6) is -0.206. The van der Waals surface area contributed by atoms with E-state index in [9.17, 15) is 14.7 Å². The minimum absolute atomic E-state index is 0.0274. The molecule has 1 fully saturated rings. The molecule has 1 N–H and O–H groups in total. The fraction of sp³-hybridized carbons (Fsp3) is 0.464. The number of benzene rings is 4. The van der Waals surface area contributed by atoms with E-state index in [4.69, 9.17) is 23.1 Å². The number of hydrogen-bond donors (Lipinski definition) is 1. The molecule has 4 aromatic carbocycles. The van der Waals surface area contributed by atoms with E-state index in [1.165, 1.54) is 10.4 Å². The Bertz CT molecular complexity index is 2230. The van der Waals surface area contributed by atoms with E-state index < -0.39 is 28.7 Å². The van der Waals surface area contributed by atoms with Crippen LogP contribution >= 0.6 is 15.9 Å². The van der Waals surface area contributed by atoms with Gasteiger partial charge in [0.1, 0.15) is 11.9 Å². The van der Waals surface area contributed by atoms with Gasteiger partial charge in [-0.3, -0.25) is 0 Å². The molecule has 0 spiro atoms. The van der Waals surface area contributed by atoms with E-state index in [0.717, 1.165) is 17.7 Å². The van der Waals surface area contributed by atoms with Crippen molar-refractivity contribution in [3.8, 4) is 5.75 Å². The van der Waals surface area contributed by atoms with Gasteiger partial charge < -0.3 is 28.2 Å². The monoisotopic (exact) mass is 1010 g/mol. The van der Waals surface area contributed by atoms with Gasteiger partial charge in [-0.05, 0) is 116 Å². The van der Waals surface area contributed by atoms with Gasteiger partial charge in [0, 0.05) is 31.5 Å². The maximum Gasteiger partial charge on any atom is 0.342 e. The van der Waals surface area contributed by atoms with Crippen molar-refractivity contribution >= 4 is 54.9 Å². The molecule has 0 heterocycles. The van der Waals surface area contributed by atoms with Gasteiger partial charge in [0.2, 0.25) is 0 Å². The Labute approximate surface area is 410 Å². The third-order valence-electron chi connectivity index (χ3n) is 14.6. The third kappa shape index (κ3) is 12.8. The molecule has 67 heavy (non-hydrogen) atoms. The zero-order valence-corrected chi connectivity index (χ0v) is 44.8. The van der Waals surface area contributed by atoms with Crippen molar-refractivity contribution in [2.45, 2.75) is 122 Å². The van der Waals surface area contributed by atoms with Crippen molar-refractivity contribution in [1.29, 1.82) is 0 Å². The lowest BCUT2D eigenvalue weighted by atomic mass is 9.69. The second-order valence-corrected chi connectivity index (χ2v) is 31.1. The number of ether oxygens (including phenoxy) is 3. The molecule has 6 rings (SSSR count). The number of hydrogen-bond acceptors (Lipinski definition) is 7. The zero-order valence-electron chi connectivity index (χ0n) is 41.2. The Morgan fingerprint density at radius 1 is 0.806 bits per heavy atom. The molecular formula is C56H73BrO8Si2. The molecule has 8 atom stereocenters. The highest BCUT2D eigenvalue weighted by Crippen LogP contribution is 2.51. The van der Waals surface area contributed by atoms with E-state index >= 15 is 0 Å². The molecule has 2 aliphatic carbocycles. The predicted octanol–water partition coefficient (Wildman–Crippen LogP) is 12.4. The van der Waals surface area contributed by atoms with Gasteiger partial charge in [0.25, 0.3) is 8.32 Å². The number of carboxylic acids is 1. The van der Waals surface area contributed by atoms with Crippen LogP contribution in [0, 0.1) is 29.6 Å². The molecule has 0 bridgehead atoms. The molecular weight excluding hydrogens is 937 g/mol. The standard InChI is InChI=1S/C56H73BrO8Si2/c1-39-34-50-48(52(39)62-38-40-26-29-43(61-8)30-27-40)31-28-42(49(50)37-51(57)53(58)59)35-45(65-66(9,10)55(2,3)4)36-44(64-54(60)41-20-14-11-15-21-41)32-33-63-67(56(5,6)7,46-22-16-12-17-23-46)47-24-18-13-19-25-47/h11-31,37,39,42,44-45,48-50,52H,32-36,38H2,1-10H3,(H,58,59)/b51-37+/t39-,42+,44-,45+,48-,49-,50-,52-/m1/s1. The molecule has 360 valence electrons. The Morgan fingerprint density at radius 2 is 1.39 bits per heavy atom. The molecule has 0 aromatic heterocycles. The zero-order chi connectivity index (χ0) is 48.6. The SMILES string of the molecule is COc1ccc(CO[C@H]2[C@@H]3C=C[C@@H](C[C@@H](C[C@@H](CCO[Si](c4ccccc4)(c4ccccc4)C(C)(C)C)OC(=O)c4ccccc4)O[Si](C)(C)C(C)(C)C)[C@@H](/C=C(/Br)C(=O)O)[C@@H]3C[C@H]2C)cc1. The second kappa shape index (κ2) is 22.5. The van der Waals surface area contributed by atoms with E-state index in [0.29, 0.717) is 38.0 Å². The van der Waals surface area contributed by atoms with E-state index in [-0.39, 0.29) is 62.3 Å². The Balaban J connectivity index is 1.34. The number of aliphatic carboxylic acids is 1. The molecule has 0 saturated heterocycles. The number of halogens is 1. The lowest BCUT2D eigenvalue weighted by Crippen LogP contribution is -2.66. The van der Waals surface area contributed by atoms with Gasteiger partial charge in [-0.1, -0.05) is 158 Å². The van der Waals surface area contributed by atoms with Crippen molar-refractivity contribution in [3.63, 3.8) is 0 Å². The molecule has 8 nitrogen and oxygen atoms in total. The summed E-state index contributed by atoms with van der Waals surface area (Å²) in [5.41, 5.74) is 1.57. The average Bonchev–Trinajstić information content (AvgIpc) is 3.62. The first-order valence-corrected chi connectivity index (χ1v) is 29.6.